The van der Waals surface area contributed by atoms with Crippen LogP contribution in [0.5, 0.6) is 0 Å². The van der Waals surface area contributed by atoms with Crippen molar-refractivity contribution in [2.24, 2.45) is 0 Å². The lowest BCUT2D eigenvalue weighted by atomic mass is 9.93. The summed E-state index contributed by atoms with van der Waals surface area (Å²) in [5, 5.41) is 0. The number of ether oxygens (including phenoxy) is 1. The van der Waals surface area contributed by atoms with Crippen molar-refractivity contribution in [3.05, 3.63) is 0 Å². The third-order valence-electron chi connectivity index (χ3n) is 4.86. The van der Waals surface area contributed by atoms with Crippen LogP contribution in [0.1, 0.15) is 38.5 Å². The number of piperazine rings is 1. The van der Waals surface area contributed by atoms with Gasteiger partial charge in [0.1, 0.15) is 0 Å². The Balaban J connectivity index is 1.46. The fraction of sp³-hybridized carbons (Fsp3) is 1.00. The van der Waals surface area contributed by atoms with Gasteiger partial charge in [0.15, 0.2) is 0 Å². The van der Waals surface area contributed by atoms with Crippen molar-refractivity contribution in [2.75, 3.05) is 39.4 Å². The number of rotatable bonds is 2. The first-order valence-electron chi connectivity index (χ1n) is 7.49. The molecule has 2 aliphatic heterocycles. The highest BCUT2D eigenvalue weighted by molar-refractivity contribution is 4.84. The fourth-order valence-electron chi connectivity index (χ4n) is 3.72. The van der Waals surface area contributed by atoms with Crippen molar-refractivity contribution in [2.45, 2.75) is 50.6 Å². The summed E-state index contributed by atoms with van der Waals surface area (Å²) in [6.45, 7) is 7.08. The predicted octanol–water partition coefficient (Wildman–Crippen LogP) is 1.73. The Morgan fingerprint density at radius 2 is 1.35 bits per heavy atom. The molecule has 1 atom stereocenters. The molecule has 1 saturated carbocycles. The maximum Gasteiger partial charge on any atom is 0.0622 e. The molecular weight excluding hydrogens is 212 g/mol. The second kappa shape index (κ2) is 5.68. The molecule has 3 fully saturated rings. The number of hydrogen-bond donors (Lipinski definition) is 0. The molecule has 0 aromatic heterocycles. The van der Waals surface area contributed by atoms with Crippen LogP contribution < -0.4 is 0 Å². The summed E-state index contributed by atoms with van der Waals surface area (Å²) in [4.78, 5) is 5.41. The van der Waals surface area contributed by atoms with Crippen molar-refractivity contribution < 1.29 is 4.74 Å². The largest absolute Gasteiger partial charge is 0.380 e. The van der Waals surface area contributed by atoms with E-state index in [1.165, 1.54) is 64.7 Å². The summed E-state index contributed by atoms with van der Waals surface area (Å²) in [6.07, 6.45) is 8.54. The van der Waals surface area contributed by atoms with Crippen molar-refractivity contribution in [3.8, 4) is 0 Å². The molecule has 0 spiro atoms. The zero-order chi connectivity index (χ0) is 11.5. The minimum Gasteiger partial charge on any atom is -0.380 e. The quantitative estimate of drug-likeness (QED) is 0.728. The van der Waals surface area contributed by atoms with Crippen molar-refractivity contribution in [3.63, 3.8) is 0 Å². The molecule has 2 saturated heterocycles. The summed E-state index contributed by atoms with van der Waals surface area (Å²) in [5.41, 5.74) is 0. The van der Waals surface area contributed by atoms with E-state index >= 15 is 0 Å². The minimum absolute atomic E-state index is 0.725. The van der Waals surface area contributed by atoms with Crippen LogP contribution in [-0.4, -0.2) is 61.3 Å². The molecule has 0 bridgehead atoms. The van der Waals surface area contributed by atoms with Gasteiger partial charge in [-0.2, -0.15) is 0 Å². The molecule has 3 heteroatoms. The molecule has 0 aromatic rings. The molecule has 0 amide bonds. The number of hydrogen-bond acceptors (Lipinski definition) is 3. The summed E-state index contributed by atoms with van der Waals surface area (Å²) >= 11 is 0. The zero-order valence-corrected chi connectivity index (χ0v) is 10.9. The lowest BCUT2D eigenvalue weighted by Crippen LogP contribution is -2.53. The average Bonchev–Trinajstić information content (AvgIpc) is 2.94. The Morgan fingerprint density at radius 1 is 0.706 bits per heavy atom. The van der Waals surface area contributed by atoms with E-state index in [0.717, 1.165) is 25.3 Å². The molecule has 1 aliphatic carbocycles. The third kappa shape index (κ3) is 2.83. The molecule has 3 aliphatic rings. The Hall–Kier alpha value is -0.120. The normalized spacial score (nSPS) is 34.2. The molecule has 3 rings (SSSR count). The highest BCUT2D eigenvalue weighted by Crippen LogP contribution is 2.24. The SMILES string of the molecule is C1CCC(N2CCN(C3CCOC3)CC2)CC1. The van der Waals surface area contributed by atoms with Gasteiger partial charge in [0, 0.05) is 44.9 Å². The first kappa shape index (κ1) is 11.9. The molecule has 0 radical (unpaired) electrons. The lowest BCUT2D eigenvalue weighted by molar-refractivity contribution is 0.0518. The van der Waals surface area contributed by atoms with E-state index in [1.54, 1.807) is 0 Å². The standard InChI is InChI=1S/C14H26N2O/c1-2-4-13(5-3-1)15-7-9-16(10-8-15)14-6-11-17-12-14/h13-14H,1-12H2. The summed E-state index contributed by atoms with van der Waals surface area (Å²) in [5.74, 6) is 0. The van der Waals surface area contributed by atoms with Gasteiger partial charge in [0.25, 0.3) is 0 Å². The van der Waals surface area contributed by atoms with Crippen LogP contribution in [0, 0.1) is 0 Å². The molecule has 3 nitrogen and oxygen atoms in total. The molecule has 0 aromatic carbocycles. The predicted molar refractivity (Wildman–Crippen MR) is 69.2 cm³/mol. The molecular formula is C14H26N2O. The smallest absolute Gasteiger partial charge is 0.0622 e. The first-order chi connectivity index (χ1) is 8.43. The molecule has 1 unspecified atom stereocenters. The maximum atomic E-state index is 5.50. The summed E-state index contributed by atoms with van der Waals surface area (Å²) in [6, 6.07) is 1.63. The van der Waals surface area contributed by atoms with E-state index < -0.39 is 0 Å². The topological polar surface area (TPSA) is 15.7 Å². The van der Waals surface area contributed by atoms with Crippen LogP contribution in [0.15, 0.2) is 0 Å². The van der Waals surface area contributed by atoms with Crippen LogP contribution in [0.25, 0.3) is 0 Å². The van der Waals surface area contributed by atoms with Gasteiger partial charge in [-0.05, 0) is 19.3 Å². The van der Waals surface area contributed by atoms with Crippen molar-refractivity contribution in [1.29, 1.82) is 0 Å². The van der Waals surface area contributed by atoms with Crippen LogP contribution >= 0.6 is 0 Å². The van der Waals surface area contributed by atoms with Crippen molar-refractivity contribution >= 4 is 0 Å². The Kier molecular flexibility index (Phi) is 3.99. The van der Waals surface area contributed by atoms with Gasteiger partial charge in [-0.3, -0.25) is 9.80 Å². The Labute approximate surface area is 105 Å². The molecule has 2 heterocycles. The van der Waals surface area contributed by atoms with E-state index in [-0.39, 0.29) is 0 Å². The monoisotopic (exact) mass is 238 g/mol. The van der Waals surface area contributed by atoms with Crippen LogP contribution in [0.4, 0.5) is 0 Å². The summed E-state index contributed by atoms with van der Waals surface area (Å²) in [7, 11) is 0. The van der Waals surface area contributed by atoms with Gasteiger partial charge in [0.05, 0.1) is 6.61 Å². The van der Waals surface area contributed by atoms with E-state index in [0.29, 0.717) is 0 Å². The van der Waals surface area contributed by atoms with Crippen LogP contribution in [0.3, 0.4) is 0 Å². The Morgan fingerprint density at radius 3 is 1.94 bits per heavy atom. The molecule has 0 N–H and O–H groups in total. The maximum absolute atomic E-state index is 5.50. The van der Waals surface area contributed by atoms with E-state index in [2.05, 4.69) is 9.80 Å². The second-order valence-corrected chi connectivity index (χ2v) is 5.88. The van der Waals surface area contributed by atoms with Gasteiger partial charge in [-0.15, -0.1) is 0 Å². The molecule has 17 heavy (non-hydrogen) atoms. The zero-order valence-electron chi connectivity index (χ0n) is 10.9. The van der Waals surface area contributed by atoms with E-state index in [1.807, 2.05) is 0 Å². The van der Waals surface area contributed by atoms with Gasteiger partial charge in [-0.25, -0.2) is 0 Å². The fourth-order valence-corrected chi connectivity index (χ4v) is 3.72. The van der Waals surface area contributed by atoms with Gasteiger partial charge in [0.2, 0.25) is 0 Å². The third-order valence-corrected chi connectivity index (χ3v) is 4.86. The van der Waals surface area contributed by atoms with E-state index in [9.17, 15) is 0 Å². The van der Waals surface area contributed by atoms with Gasteiger partial charge in [-0.1, -0.05) is 19.3 Å². The highest BCUT2D eigenvalue weighted by atomic mass is 16.5. The second-order valence-electron chi connectivity index (χ2n) is 5.88. The Bertz CT molecular complexity index is 226. The summed E-state index contributed by atoms with van der Waals surface area (Å²) < 4.78 is 5.50. The minimum atomic E-state index is 0.725. The lowest BCUT2D eigenvalue weighted by Gasteiger charge is -2.42. The average molecular weight is 238 g/mol. The van der Waals surface area contributed by atoms with Gasteiger partial charge < -0.3 is 4.74 Å². The van der Waals surface area contributed by atoms with Crippen LogP contribution in [-0.2, 0) is 4.74 Å². The van der Waals surface area contributed by atoms with E-state index in [4.69, 9.17) is 4.74 Å². The highest BCUT2D eigenvalue weighted by Gasteiger charge is 2.29. The molecule has 98 valence electrons. The first-order valence-corrected chi connectivity index (χ1v) is 7.49. The van der Waals surface area contributed by atoms with Crippen LogP contribution in [0.2, 0.25) is 0 Å². The van der Waals surface area contributed by atoms with Gasteiger partial charge >= 0.3 is 0 Å². The van der Waals surface area contributed by atoms with Crippen molar-refractivity contribution in [1.82, 2.24) is 9.80 Å². The number of nitrogens with zero attached hydrogens (tertiary/aromatic N) is 2.